The van der Waals surface area contributed by atoms with E-state index in [1.165, 1.54) is 0 Å². The molecule has 0 aliphatic carbocycles. The summed E-state index contributed by atoms with van der Waals surface area (Å²) in [5.74, 6) is -0.828. The van der Waals surface area contributed by atoms with E-state index in [1.807, 2.05) is 0 Å². The van der Waals surface area contributed by atoms with E-state index in [0.717, 1.165) is 12.8 Å². The van der Waals surface area contributed by atoms with E-state index in [4.69, 9.17) is 49.1 Å². The van der Waals surface area contributed by atoms with Gasteiger partial charge in [-0.15, -0.1) is 0 Å². The number of aliphatic carboxylic acids is 1. The number of carbonyl (C=O) groups excluding carboxylic acids is 2. The Labute approximate surface area is 147 Å². The first-order valence-electron chi connectivity index (χ1n) is 7.01. The van der Waals surface area contributed by atoms with Gasteiger partial charge in [0.15, 0.2) is 11.9 Å². The molecule has 0 amide bonds. The first-order chi connectivity index (χ1) is 11.2. The molecule has 0 rings (SSSR count). The standard InChI is InChI=1S/C6H14N4O2.C5H14N4.CO2.CH4/c7-4(5(11)12)2-1-3-10-6(8)9;6-3-1-2-4-9-5(7)8;2-1-3;/h4H,1-3,7H2,(H,11,12)(H4,8,9,10);1-4,6H2,(H4,7,8,9);;1H4/t4-;;;/m0.../s1. The minimum absolute atomic E-state index is 0. The van der Waals surface area contributed by atoms with E-state index in [9.17, 15) is 4.79 Å². The van der Waals surface area contributed by atoms with Crippen LogP contribution in [-0.4, -0.2) is 54.8 Å². The van der Waals surface area contributed by atoms with Gasteiger partial charge in [0, 0.05) is 13.1 Å². The molecule has 0 aromatic heterocycles. The first-order valence-corrected chi connectivity index (χ1v) is 7.01. The Balaban J connectivity index is -0.000000151. The summed E-state index contributed by atoms with van der Waals surface area (Å²) in [4.78, 5) is 33.9. The summed E-state index contributed by atoms with van der Waals surface area (Å²) in [7, 11) is 0. The van der Waals surface area contributed by atoms with Crippen LogP contribution in [0.15, 0.2) is 9.98 Å². The monoisotopic (exact) mass is 364 g/mol. The van der Waals surface area contributed by atoms with Crippen LogP contribution < -0.4 is 34.4 Å². The van der Waals surface area contributed by atoms with Crippen molar-refractivity contribution < 1.29 is 19.5 Å². The summed E-state index contributed by atoms with van der Waals surface area (Å²) in [6.07, 6.45) is 3.16. The van der Waals surface area contributed by atoms with E-state index in [0.29, 0.717) is 32.5 Å². The minimum Gasteiger partial charge on any atom is -0.480 e. The molecule has 1 atom stereocenters. The number of hydrogen-bond donors (Lipinski definition) is 7. The highest BCUT2D eigenvalue weighted by molar-refractivity contribution is 5.76. The molecule has 0 aliphatic rings. The van der Waals surface area contributed by atoms with Crippen LogP contribution >= 0.6 is 0 Å². The molecule has 12 heteroatoms. The van der Waals surface area contributed by atoms with E-state index < -0.39 is 12.0 Å². The lowest BCUT2D eigenvalue weighted by Crippen LogP contribution is -2.30. The highest BCUT2D eigenvalue weighted by atomic mass is 16.4. The zero-order valence-corrected chi connectivity index (χ0v) is 13.6. The van der Waals surface area contributed by atoms with Gasteiger partial charge in [-0.3, -0.25) is 14.8 Å². The first kappa shape index (κ1) is 30.2. The van der Waals surface area contributed by atoms with E-state index >= 15 is 0 Å². The zero-order chi connectivity index (χ0) is 19.4. The molecular formula is C13H32N8O4. The number of rotatable bonds is 9. The average molecular weight is 364 g/mol. The molecule has 0 heterocycles. The Kier molecular flexibility index (Phi) is 28.5. The zero-order valence-electron chi connectivity index (χ0n) is 13.6. The number of nitrogens with zero attached hydrogens (tertiary/aromatic N) is 2. The van der Waals surface area contributed by atoms with Gasteiger partial charge in [-0.05, 0) is 32.2 Å². The molecule has 0 radical (unpaired) electrons. The summed E-state index contributed by atoms with van der Waals surface area (Å²) in [5, 5.41) is 8.38. The number of unbranched alkanes of at least 4 members (excludes halogenated alkanes) is 1. The third-order valence-corrected chi connectivity index (χ3v) is 2.19. The van der Waals surface area contributed by atoms with Crippen molar-refractivity contribution in [3.8, 4) is 0 Å². The maximum absolute atomic E-state index is 10.2. The van der Waals surface area contributed by atoms with Crippen LogP contribution in [0.1, 0.15) is 33.1 Å². The fourth-order valence-corrected chi connectivity index (χ4v) is 1.11. The quantitative estimate of drug-likeness (QED) is 0.128. The smallest absolute Gasteiger partial charge is 0.373 e. The van der Waals surface area contributed by atoms with E-state index in [-0.39, 0.29) is 25.5 Å². The SMILES string of the molecule is C.NC(N)=NCCC[C@H](N)C(=O)O.NCCCCN=C(N)N.O=C=O. The molecule has 0 aromatic carbocycles. The number of carboxylic acid groups (broad SMARTS) is 1. The van der Waals surface area contributed by atoms with E-state index in [1.54, 1.807) is 0 Å². The van der Waals surface area contributed by atoms with Crippen LogP contribution in [0.4, 0.5) is 0 Å². The van der Waals surface area contributed by atoms with Crippen molar-refractivity contribution in [2.45, 2.75) is 39.2 Å². The summed E-state index contributed by atoms with van der Waals surface area (Å²) >= 11 is 0. The second kappa shape index (κ2) is 23.6. The molecule has 0 unspecified atom stereocenters. The third kappa shape index (κ3) is 38.8. The molecule has 13 N–H and O–H groups in total. The lowest BCUT2D eigenvalue weighted by atomic mass is 10.2. The highest BCUT2D eigenvalue weighted by Gasteiger charge is 2.09. The van der Waals surface area contributed by atoms with Gasteiger partial charge in [-0.25, -0.2) is 0 Å². The molecule has 0 aliphatic heterocycles. The summed E-state index contributed by atoms with van der Waals surface area (Å²) in [5.41, 5.74) is 30.7. The van der Waals surface area contributed by atoms with Crippen molar-refractivity contribution in [3.05, 3.63) is 0 Å². The Bertz CT molecular complexity index is 401. The number of aliphatic imine (C=N–C) groups is 2. The van der Waals surface area contributed by atoms with Gasteiger partial charge in [0.1, 0.15) is 6.04 Å². The summed E-state index contributed by atoms with van der Waals surface area (Å²) in [6, 6.07) is -0.820. The van der Waals surface area contributed by atoms with Crippen molar-refractivity contribution in [3.63, 3.8) is 0 Å². The fourth-order valence-electron chi connectivity index (χ4n) is 1.11. The Morgan fingerprint density at radius 3 is 1.68 bits per heavy atom. The van der Waals surface area contributed by atoms with Crippen LogP contribution in [0.5, 0.6) is 0 Å². The molecule has 12 nitrogen and oxygen atoms in total. The molecule has 0 bridgehead atoms. The highest BCUT2D eigenvalue weighted by Crippen LogP contribution is 1.94. The van der Waals surface area contributed by atoms with Gasteiger partial charge >= 0.3 is 12.1 Å². The van der Waals surface area contributed by atoms with Gasteiger partial charge in [0.2, 0.25) is 0 Å². The molecule has 0 fully saturated rings. The number of carboxylic acids is 1. The van der Waals surface area contributed by atoms with Crippen molar-refractivity contribution in [1.82, 2.24) is 0 Å². The van der Waals surface area contributed by atoms with Gasteiger partial charge < -0.3 is 39.5 Å². The van der Waals surface area contributed by atoms with Crippen molar-refractivity contribution in [1.29, 1.82) is 0 Å². The van der Waals surface area contributed by atoms with Crippen molar-refractivity contribution in [2.24, 2.45) is 44.4 Å². The fraction of sp³-hybridized carbons (Fsp3) is 0.692. The van der Waals surface area contributed by atoms with Gasteiger partial charge in [-0.1, -0.05) is 7.43 Å². The number of carbonyl (C=O) groups is 1. The molecular weight excluding hydrogens is 332 g/mol. The molecule has 0 saturated heterocycles. The lowest BCUT2D eigenvalue weighted by molar-refractivity contribution is -0.191. The van der Waals surface area contributed by atoms with Crippen LogP contribution in [0.2, 0.25) is 0 Å². The maximum Gasteiger partial charge on any atom is 0.373 e. The Morgan fingerprint density at radius 1 is 0.960 bits per heavy atom. The van der Waals surface area contributed by atoms with Crippen molar-refractivity contribution >= 4 is 24.0 Å². The predicted octanol–water partition coefficient (Wildman–Crippen LogP) is -2.50. The minimum atomic E-state index is -1.00. The largest absolute Gasteiger partial charge is 0.480 e. The molecule has 0 saturated carbocycles. The van der Waals surface area contributed by atoms with Crippen molar-refractivity contribution in [2.75, 3.05) is 19.6 Å². The second-order valence-corrected chi connectivity index (χ2v) is 4.28. The van der Waals surface area contributed by atoms with Crippen LogP contribution in [0.3, 0.4) is 0 Å². The van der Waals surface area contributed by atoms with Gasteiger partial charge in [0.25, 0.3) is 0 Å². The Hall–Kier alpha value is -2.69. The number of guanidine groups is 2. The molecule has 0 spiro atoms. The van der Waals surface area contributed by atoms with E-state index in [2.05, 4.69) is 9.98 Å². The lowest BCUT2D eigenvalue weighted by Gasteiger charge is -2.03. The maximum atomic E-state index is 10.2. The topological polar surface area (TPSA) is 252 Å². The average Bonchev–Trinajstić information content (AvgIpc) is 2.49. The van der Waals surface area contributed by atoms with Gasteiger partial charge in [0.05, 0.1) is 0 Å². The van der Waals surface area contributed by atoms with Crippen LogP contribution in [-0.2, 0) is 14.4 Å². The van der Waals surface area contributed by atoms with Crippen LogP contribution in [0.25, 0.3) is 0 Å². The second-order valence-electron chi connectivity index (χ2n) is 4.28. The third-order valence-electron chi connectivity index (χ3n) is 2.19. The van der Waals surface area contributed by atoms with Gasteiger partial charge in [-0.2, -0.15) is 9.59 Å². The Morgan fingerprint density at radius 2 is 1.36 bits per heavy atom. The summed E-state index contributed by atoms with van der Waals surface area (Å²) in [6.45, 7) is 1.82. The predicted molar refractivity (Wildman–Crippen MR) is 96.2 cm³/mol. The molecule has 25 heavy (non-hydrogen) atoms. The normalized spacial score (nSPS) is 9.36. The summed E-state index contributed by atoms with van der Waals surface area (Å²) < 4.78 is 0. The molecule has 148 valence electrons. The molecule has 0 aromatic rings. The van der Waals surface area contributed by atoms with Crippen LogP contribution in [0, 0.1) is 0 Å². The number of hydrogen-bond acceptors (Lipinski definition) is 7. The number of nitrogens with two attached hydrogens (primary N) is 6.